The van der Waals surface area contributed by atoms with Crippen LogP contribution in [0.4, 0.5) is 0 Å². The predicted molar refractivity (Wildman–Crippen MR) is 127 cm³/mol. The normalized spacial score (nSPS) is 27.0. The fraction of sp³-hybridized carbons (Fsp3) is 0.808. The van der Waals surface area contributed by atoms with Gasteiger partial charge in [0.1, 0.15) is 0 Å². The molecule has 0 unspecified atom stereocenters. The zero-order chi connectivity index (χ0) is 21.7. The lowest BCUT2D eigenvalue weighted by atomic mass is 9.87. The van der Waals surface area contributed by atoms with E-state index in [2.05, 4.69) is 52.7 Å². The van der Waals surface area contributed by atoms with E-state index in [9.17, 15) is 0 Å². The molecule has 0 radical (unpaired) electrons. The van der Waals surface area contributed by atoms with Crippen LogP contribution in [0.15, 0.2) is 24.5 Å². The summed E-state index contributed by atoms with van der Waals surface area (Å²) < 4.78 is 5.99. The number of aromatic nitrogens is 1. The fourth-order valence-electron chi connectivity index (χ4n) is 6.06. The summed E-state index contributed by atoms with van der Waals surface area (Å²) in [6.07, 6.45) is 11.7. The van der Waals surface area contributed by atoms with Crippen LogP contribution in [0.2, 0.25) is 0 Å². The Morgan fingerprint density at radius 2 is 1.65 bits per heavy atom. The van der Waals surface area contributed by atoms with E-state index in [1.165, 1.54) is 83.4 Å². The maximum Gasteiger partial charge on any atom is 0.0629 e. The van der Waals surface area contributed by atoms with Gasteiger partial charge in [-0.25, -0.2) is 0 Å². The molecule has 3 aliphatic heterocycles. The van der Waals surface area contributed by atoms with E-state index in [4.69, 9.17) is 4.74 Å². The Balaban J connectivity index is 1.31. The highest BCUT2D eigenvalue weighted by molar-refractivity contribution is 5.09. The van der Waals surface area contributed by atoms with Gasteiger partial charge in [0.15, 0.2) is 0 Å². The first-order valence-electron chi connectivity index (χ1n) is 12.6. The third-order valence-electron chi connectivity index (χ3n) is 7.84. The van der Waals surface area contributed by atoms with Crippen molar-refractivity contribution in [2.45, 2.75) is 70.6 Å². The van der Waals surface area contributed by atoms with Crippen LogP contribution in [0, 0.1) is 11.8 Å². The minimum atomic E-state index is 0.0324. The summed E-state index contributed by atoms with van der Waals surface area (Å²) >= 11 is 0. The Labute approximate surface area is 190 Å². The van der Waals surface area contributed by atoms with E-state index in [0.29, 0.717) is 0 Å². The van der Waals surface area contributed by atoms with Crippen molar-refractivity contribution >= 4 is 0 Å². The molecule has 5 nitrogen and oxygen atoms in total. The number of likely N-dealkylation sites (tertiary alicyclic amines) is 2. The van der Waals surface area contributed by atoms with Crippen molar-refractivity contribution in [3.63, 3.8) is 0 Å². The molecule has 1 aromatic rings. The standard InChI is InChI=1S/C26H44N4O/c1-26(2)18-24(10-17-31-26)21-29(19-22-4-11-27-12-5-22)20-23-6-15-30(16-7-23)25-8-13-28(3)14-9-25/h4-5,11-12,23-25H,6-10,13-21H2,1-3H3/t24-/m0/s1. The molecule has 3 fully saturated rings. The summed E-state index contributed by atoms with van der Waals surface area (Å²) in [4.78, 5) is 12.3. The second kappa shape index (κ2) is 10.7. The molecule has 4 heterocycles. The average molecular weight is 429 g/mol. The number of nitrogens with zero attached hydrogens (tertiary/aromatic N) is 4. The smallest absolute Gasteiger partial charge is 0.0629 e. The largest absolute Gasteiger partial charge is 0.376 e. The molecule has 0 amide bonds. The van der Waals surface area contributed by atoms with Crippen LogP contribution in [0.5, 0.6) is 0 Å². The number of rotatable bonds is 7. The van der Waals surface area contributed by atoms with Gasteiger partial charge in [-0.3, -0.25) is 9.88 Å². The second-order valence-corrected chi connectivity index (χ2v) is 11.0. The van der Waals surface area contributed by atoms with E-state index >= 15 is 0 Å². The Kier molecular flexibility index (Phi) is 8.02. The van der Waals surface area contributed by atoms with Crippen molar-refractivity contribution < 1.29 is 4.74 Å². The third-order valence-corrected chi connectivity index (χ3v) is 7.84. The van der Waals surface area contributed by atoms with Crippen molar-refractivity contribution in [2.75, 3.05) is 52.9 Å². The molecule has 1 atom stereocenters. The van der Waals surface area contributed by atoms with E-state index in [1.54, 1.807) is 0 Å². The minimum Gasteiger partial charge on any atom is -0.376 e. The minimum absolute atomic E-state index is 0.0324. The van der Waals surface area contributed by atoms with Crippen LogP contribution in [0.3, 0.4) is 0 Å². The van der Waals surface area contributed by atoms with Gasteiger partial charge >= 0.3 is 0 Å². The molecule has 0 saturated carbocycles. The van der Waals surface area contributed by atoms with Gasteiger partial charge in [-0.15, -0.1) is 0 Å². The lowest BCUT2D eigenvalue weighted by Gasteiger charge is -2.42. The SMILES string of the molecule is CN1CCC(N2CCC(CN(Cc3ccncc3)C[C@H]3CCOC(C)(C)C3)CC2)CC1. The summed E-state index contributed by atoms with van der Waals surface area (Å²) in [6, 6.07) is 5.20. The molecule has 3 saturated heterocycles. The number of hydrogen-bond donors (Lipinski definition) is 0. The van der Waals surface area contributed by atoms with E-state index < -0.39 is 0 Å². The lowest BCUT2D eigenvalue weighted by molar-refractivity contribution is -0.0778. The van der Waals surface area contributed by atoms with Crippen molar-refractivity contribution in [3.05, 3.63) is 30.1 Å². The predicted octanol–water partition coefficient (Wildman–Crippen LogP) is 3.90. The van der Waals surface area contributed by atoms with Gasteiger partial charge in [0.05, 0.1) is 5.60 Å². The van der Waals surface area contributed by atoms with Crippen molar-refractivity contribution in [1.82, 2.24) is 19.7 Å². The zero-order valence-electron chi connectivity index (χ0n) is 20.1. The van der Waals surface area contributed by atoms with Gasteiger partial charge in [0.2, 0.25) is 0 Å². The maximum absolute atomic E-state index is 5.99. The number of ether oxygens (including phenoxy) is 1. The fourth-order valence-corrected chi connectivity index (χ4v) is 6.06. The summed E-state index contributed by atoms with van der Waals surface area (Å²) in [7, 11) is 2.26. The molecular formula is C26H44N4O. The van der Waals surface area contributed by atoms with Crippen LogP contribution in [-0.4, -0.2) is 84.2 Å². The topological polar surface area (TPSA) is 31.8 Å². The molecule has 5 heteroatoms. The van der Waals surface area contributed by atoms with Gasteiger partial charge < -0.3 is 14.5 Å². The van der Waals surface area contributed by atoms with Crippen LogP contribution < -0.4 is 0 Å². The van der Waals surface area contributed by atoms with Crippen molar-refractivity contribution in [1.29, 1.82) is 0 Å². The summed E-state index contributed by atoms with van der Waals surface area (Å²) in [5.74, 6) is 1.57. The molecule has 0 bridgehead atoms. The Morgan fingerprint density at radius 1 is 0.968 bits per heavy atom. The van der Waals surface area contributed by atoms with Gasteiger partial charge in [-0.05, 0) is 115 Å². The van der Waals surface area contributed by atoms with E-state index in [1.807, 2.05) is 12.4 Å². The second-order valence-electron chi connectivity index (χ2n) is 11.0. The van der Waals surface area contributed by atoms with Gasteiger partial charge in [-0.2, -0.15) is 0 Å². The molecule has 0 aromatic carbocycles. The highest BCUT2D eigenvalue weighted by atomic mass is 16.5. The van der Waals surface area contributed by atoms with Crippen molar-refractivity contribution in [2.24, 2.45) is 11.8 Å². The van der Waals surface area contributed by atoms with Gasteiger partial charge in [-0.1, -0.05) is 0 Å². The number of piperidine rings is 2. The lowest BCUT2D eigenvalue weighted by Crippen LogP contribution is -2.48. The molecule has 3 aliphatic rings. The number of pyridine rings is 1. The van der Waals surface area contributed by atoms with Gasteiger partial charge in [0.25, 0.3) is 0 Å². The quantitative estimate of drug-likeness (QED) is 0.658. The van der Waals surface area contributed by atoms with E-state index in [-0.39, 0.29) is 5.60 Å². The van der Waals surface area contributed by atoms with Crippen LogP contribution >= 0.6 is 0 Å². The molecule has 0 spiro atoms. The Bertz CT molecular complexity index is 651. The summed E-state index contributed by atoms with van der Waals surface area (Å²) in [5, 5.41) is 0. The molecule has 0 N–H and O–H groups in total. The third kappa shape index (κ3) is 6.98. The van der Waals surface area contributed by atoms with Crippen LogP contribution in [-0.2, 0) is 11.3 Å². The molecular weight excluding hydrogens is 384 g/mol. The first kappa shape index (κ1) is 23.2. The first-order chi connectivity index (χ1) is 15.0. The molecule has 174 valence electrons. The Hall–Kier alpha value is -1.01. The first-order valence-corrected chi connectivity index (χ1v) is 12.6. The molecule has 31 heavy (non-hydrogen) atoms. The molecule has 1 aromatic heterocycles. The van der Waals surface area contributed by atoms with Crippen LogP contribution in [0.25, 0.3) is 0 Å². The summed E-state index contributed by atoms with van der Waals surface area (Å²) in [6.45, 7) is 14.0. The monoisotopic (exact) mass is 428 g/mol. The molecule has 0 aliphatic carbocycles. The summed E-state index contributed by atoms with van der Waals surface area (Å²) in [5.41, 5.74) is 1.43. The van der Waals surface area contributed by atoms with Crippen molar-refractivity contribution in [3.8, 4) is 0 Å². The van der Waals surface area contributed by atoms with Crippen LogP contribution in [0.1, 0.15) is 57.9 Å². The van der Waals surface area contributed by atoms with Gasteiger partial charge in [0, 0.05) is 44.7 Å². The zero-order valence-corrected chi connectivity index (χ0v) is 20.1. The Morgan fingerprint density at radius 3 is 2.32 bits per heavy atom. The average Bonchev–Trinajstić information content (AvgIpc) is 2.75. The number of hydrogen-bond acceptors (Lipinski definition) is 5. The van der Waals surface area contributed by atoms with E-state index in [0.717, 1.165) is 31.0 Å². The maximum atomic E-state index is 5.99. The molecule has 4 rings (SSSR count). The highest BCUT2D eigenvalue weighted by Gasteiger charge is 2.32. The highest BCUT2D eigenvalue weighted by Crippen LogP contribution is 2.30.